The van der Waals surface area contributed by atoms with E-state index in [1.807, 2.05) is 0 Å². The van der Waals surface area contributed by atoms with E-state index in [-0.39, 0.29) is 17.9 Å². The van der Waals surface area contributed by atoms with Crippen molar-refractivity contribution < 1.29 is 9.90 Å². The first kappa shape index (κ1) is 15.8. The number of hydrogen-bond donors (Lipinski definition) is 2. The van der Waals surface area contributed by atoms with Crippen molar-refractivity contribution in [3.63, 3.8) is 0 Å². The standard InChI is InChI=1S/C15H19BrClNO2/c16-12-5-4-11(8-13(12)17)14(20)18-9-15(10-19)6-2-1-3-7-15/h4-5,8,19H,1-3,6-7,9-10H2,(H,18,20). The van der Waals surface area contributed by atoms with Crippen LogP contribution < -0.4 is 5.32 Å². The molecule has 3 nitrogen and oxygen atoms in total. The summed E-state index contributed by atoms with van der Waals surface area (Å²) in [6.07, 6.45) is 5.43. The van der Waals surface area contributed by atoms with E-state index in [1.54, 1.807) is 18.2 Å². The lowest BCUT2D eigenvalue weighted by atomic mass is 9.74. The molecule has 0 aliphatic heterocycles. The van der Waals surface area contributed by atoms with Crippen LogP contribution >= 0.6 is 27.5 Å². The van der Waals surface area contributed by atoms with Gasteiger partial charge < -0.3 is 10.4 Å². The van der Waals surface area contributed by atoms with Crippen molar-refractivity contribution in [1.82, 2.24) is 5.32 Å². The lowest BCUT2D eigenvalue weighted by molar-refractivity contribution is 0.0718. The predicted molar refractivity (Wildman–Crippen MR) is 84.1 cm³/mol. The van der Waals surface area contributed by atoms with Crippen molar-refractivity contribution in [2.24, 2.45) is 5.41 Å². The molecule has 0 heterocycles. The molecule has 1 aliphatic rings. The molecule has 2 N–H and O–H groups in total. The van der Waals surface area contributed by atoms with Crippen LogP contribution in [-0.2, 0) is 0 Å². The van der Waals surface area contributed by atoms with Crippen molar-refractivity contribution in [3.8, 4) is 0 Å². The van der Waals surface area contributed by atoms with Gasteiger partial charge in [-0.2, -0.15) is 0 Å². The Morgan fingerprint density at radius 3 is 2.65 bits per heavy atom. The molecule has 1 fully saturated rings. The van der Waals surface area contributed by atoms with E-state index in [1.165, 1.54) is 6.42 Å². The highest BCUT2D eigenvalue weighted by atomic mass is 79.9. The van der Waals surface area contributed by atoms with Crippen molar-refractivity contribution in [2.75, 3.05) is 13.2 Å². The van der Waals surface area contributed by atoms with Gasteiger partial charge >= 0.3 is 0 Å². The van der Waals surface area contributed by atoms with Gasteiger partial charge in [0.1, 0.15) is 0 Å². The van der Waals surface area contributed by atoms with E-state index in [2.05, 4.69) is 21.2 Å². The lowest BCUT2D eigenvalue weighted by Crippen LogP contribution is -2.41. The molecular formula is C15H19BrClNO2. The molecule has 110 valence electrons. The highest BCUT2D eigenvalue weighted by Crippen LogP contribution is 2.35. The fraction of sp³-hybridized carbons (Fsp3) is 0.533. The summed E-state index contributed by atoms with van der Waals surface area (Å²) in [4.78, 5) is 12.1. The molecule has 20 heavy (non-hydrogen) atoms. The Kier molecular flexibility index (Phi) is 5.47. The molecule has 0 spiro atoms. The molecule has 0 saturated heterocycles. The first-order valence-electron chi connectivity index (χ1n) is 6.90. The van der Waals surface area contributed by atoms with Gasteiger partial charge in [-0.25, -0.2) is 0 Å². The second-order valence-electron chi connectivity index (χ2n) is 5.53. The second kappa shape index (κ2) is 6.92. The zero-order valence-electron chi connectivity index (χ0n) is 11.3. The Bertz CT molecular complexity index is 487. The summed E-state index contributed by atoms with van der Waals surface area (Å²) >= 11 is 9.30. The fourth-order valence-electron chi connectivity index (χ4n) is 2.70. The minimum absolute atomic E-state index is 0.133. The number of benzene rings is 1. The Hall–Kier alpha value is -0.580. The SMILES string of the molecule is O=C(NCC1(CO)CCCCC1)c1ccc(Br)c(Cl)c1. The van der Waals surface area contributed by atoms with Crippen LogP contribution in [0.4, 0.5) is 0 Å². The average Bonchev–Trinajstić information content (AvgIpc) is 2.48. The Morgan fingerprint density at radius 2 is 2.05 bits per heavy atom. The number of rotatable bonds is 4. The number of nitrogens with one attached hydrogen (secondary N) is 1. The number of carbonyl (C=O) groups is 1. The minimum atomic E-state index is -0.146. The van der Waals surface area contributed by atoms with Crippen molar-refractivity contribution in [2.45, 2.75) is 32.1 Å². The van der Waals surface area contributed by atoms with Gasteiger partial charge in [0.25, 0.3) is 5.91 Å². The number of amides is 1. The predicted octanol–water partition coefficient (Wildman–Crippen LogP) is 3.78. The van der Waals surface area contributed by atoms with Crippen LogP contribution in [0.5, 0.6) is 0 Å². The molecule has 0 aromatic heterocycles. The fourth-order valence-corrected chi connectivity index (χ4v) is 3.13. The Morgan fingerprint density at radius 1 is 1.35 bits per heavy atom. The van der Waals surface area contributed by atoms with E-state index >= 15 is 0 Å². The molecular weight excluding hydrogens is 342 g/mol. The number of hydrogen-bond acceptors (Lipinski definition) is 2. The van der Waals surface area contributed by atoms with Gasteiger partial charge in [0.2, 0.25) is 0 Å². The highest BCUT2D eigenvalue weighted by molar-refractivity contribution is 9.10. The quantitative estimate of drug-likeness (QED) is 0.858. The first-order valence-corrected chi connectivity index (χ1v) is 8.08. The largest absolute Gasteiger partial charge is 0.396 e. The molecule has 0 radical (unpaired) electrons. The molecule has 1 aromatic rings. The number of aliphatic hydroxyl groups is 1. The van der Waals surface area contributed by atoms with E-state index in [0.29, 0.717) is 17.1 Å². The minimum Gasteiger partial charge on any atom is -0.396 e. The van der Waals surface area contributed by atoms with Crippen LogP contribution in [0.2, 0.25) is 5.02 Å². The monoisotopic (exact) mass is 359 g/mol. The lowest BCUT2D eigenvalue weighted by Gasteiger charge is -2.35. The maximum absolute atomic E-state index is 12.1. The summed E-state index contributed by atoms with van der Waals surface area (Å²) in [5.74, 6) is -0.141. The molecule has 2 rings (SSSR count). The van der Waals surface area contributed by atoms with Crippen LogP contribution in [0.15, 0.2) is 22.7 Å². The summed E-state index contributed by atoms with van der Waals surface area (Å²) in [6.45, 7) is 0.657. The first-order chi connectivity index (χ1) is 9.56. The third-order valence-corrected chi connectivity index (χ3v) is 5.29. The van der Waals surface area contributed by atoms with E-state index in [0.717, 1.165) is 30.2 Å². The topological polar surface area (TPSA) is 49.3 Å². The summed E-state index contributed by atoms with van der Waals surface area (Å²) in [5.41, 5.74) is 0.398. The maximum atomic E-state index is 12.1. The van der Waals surface area contributed by atoms with E-state index in [4.69, 9.17) is 11.6 Å². The van der Waals surface area contributed by atoms with Crippen molar-refractivity contribution in [1.29, 1.82) is 0 Å². The average molecular weight is 361 g/mol. The molecule has 5 heteroatoms. The van der Waals surface area contributed by atoms with Gasteiger partial charge in [0.05, 0.1) is 11.6 Å². The molecule has 1 saturated carbocycles. The van der Waals surface area contributed by atoms with Crippen LogP contribution in [0.3, 0.4) is 0 Å². The van der Waals surface area contributed by atoms with Crippen LogP contribution in [0, 0.1) is 5.41 Å². The smallest absolute Gasteiger partial charge is 0.251 e. The summed E-state index contributed by atoms with van der Waals surface area (Å²) in [7, 11) is 0. The third kappa shape index (κ3) is 3.74. The van der Waals surface area contributed by atoms with Crippen LogP contribution in [0.1, 0.15) is 42.5 Å². The highest BCUT2D eigenvalue weighted by Gasteiger charge is 2.31. The van der Waals surface area contributed by atoms with Gasteiger partial charge in [-0.05, 0) is 47.0 Å². The molecule has 1 aliphatic carbocycles. The van der Waals surface area contributed by atoms with Gasteiger partial charge in [-0.1, -0.05) is 30.9 Å². The second-order valence-corrected chi connectivity index (χ2v) is 6.79. The van der Waals surface area contributed by atoms with Crippen LogP contribution in [0.25, 0.3) is 0 Å². The van der Waals surface area contributed by atoms with Crippen LogP contribution in [-0.4, -0.2) is 24.2 Å². The zero-order valence-corrected chi connectivity index (χ0v) is 13.6. The van der Waals surface area contributed by atoms with Gasteiger partial charge in [0.15, 0.2) is 0 Å². The van der Waals surface area contributed by atoms with Crippen molar-refractivity contribution in [3.05, 3.63) is 33.3 Å². The third-order valence-electron chi connectivity index (χ3n) is 4.06. The Balaban J connectivity index is 1.98. The maximum Gasteiger partial charge on any atom is 0.251 e. The van der Waals surface area contributed by atoms with Gasteiger partial charge in [-0.3, -0.25) is 4.79 Å². The molecule has 1 aromatic carbocycles. The molecule has 1 amide bonds. The summed E-state index contributed by atoms with van der Waals surface area (Å²) < 4.78 is 0.773. The van der Waals surface area contributed by atoms with Gasteiger partial charge in [-0.15, -0.1) is 0 Å². The van der Waals surface area contributed by atoms with E-state index in [9.17, 15) is 9.90 Å². The van der Waals surface area contributed by atoms with Gasteiger partial charge in [0, 0.05) is 22.0 Å². The number of halogens is 2. The summed E-state index contributed by atoms with van der Waals surface area (Å²) in [5, 5.41) is 13.1. The molecule has 0 bridgehead atoms. The number of aliphatic hydroxyl groups excluding tert-OH is 1. The zero-order chi connectivity index (χ0) is 14.6. The molecule has 0 atom stereocenters. The normalized spacial score (nSPS) is 17.8. The van der Waals surface area contributed by atoms with Crippen molar-refractivity contribution >= 4 is 33.4 Å². The van der Waals surface area contributed by atoms with E-state index < -0.39 is 0 Å². The summed E-state index contributed by atoms with van der Waals surface area (Å²) in [6, 6.07) is 5.14. The Labute approximate surface area is 132 Å². The number of carbonyl (C=O) groups excluding carboxylic acids is 1. The molecule has 0 unspecified atom stereocenters.